The first-order valence-corrected chi connectivity index (χ1v) is 7.61. The van der Waals surface area contributed by atoms with E-state index in [2.05, 4.69) is 34.0 Å². The summed E-state index contributed by atoms with van der Waals surface area (Å²) in [6.45, 7) is 10.4. The molecule has 0 spiro atoms. The highest BCUT2D eigenvalue weighted by Crippen LogP contribution is 2.19. The van der Waals surface area contributed by atoms with Crippen molar-refractivity contribution >= 4 is 5.82 Å². The Morgan fingerprint density at radius 1 is 1.45 bits per heavy atom. The van der Waals surface area contributed by atoms with Gasteiger partial charge in [0.15, 0.2) is 0 Å². The Balaban J connectivity index is 1.86. The van der Waals surface area contributed by atoms with Crippen LogP contribution in [0.5, 0.6) is 5.88 Å². The summed E-state index contributed by atoms with van der Waals surface area (Å²) < 4.78 is 5.37. The van der Waals surface area contributed by atoms with Crippen molar-refractivity contribution in [1.29, 1.82) is 0 Å². The van der Waals surface area contributed by atoms with E-state index in [1.54, 1.807) is 12.4 Å². The maximum atomic E-state index is 5.37. The highest BCUT2D eigenvalue weighted by atomic mass is 16.5. The minimum atomic E-state index is 0.586. The third-order valence-corrected chi connectivity index (χ3v) is 3.52. The van der Waals surface area contributed by atoms with Crippen LogP contribution in [0, 0.1) is 5.92 Å². The number of likely N-dealkylation sites (tertiary alicyclic amines) is 1. The van der Waals surface area contributed by atoms with Crippen molar-refractivity contribution in [2.75, 3.05) is 31.6 Å². The lowest BCUT2D eigenvalue weighted by molar-refractivity contribution is 0.234. The lowest BCUT2D eigenvalue weighted by atomic mass is 10.1. The van der Waals surface area contributed by atoms with Crippen LogP contribution < -0.4 is 10.1 Å². The van der Waals surface area contributed by atoms with E-state index in [1.807, 2.05) is 6.92 Å². The molecule has 0 amide bonds. The topological polar surface area (TPSA) is 50.3 Å². The molecule has 2 heterocycles. The highest BCUT2D eigenvalue weighted by molar-refractivity contribution is 5.33. The first-order valence-electron chi connectivity index (χ1n) is 7.61. The lowest BCUT2D eigenvalue weighted by Crippen LogP contribution is -2.37. The molecular weight excluding hydrogens is 252 g/mol. The SMILES string of the molecule is CCOc1cncc(NC[C@H]2CCCN2CC(C)C)n1. The van der Waals surface area contributed by atoms with E-state index in [4.69, 9.17) is 4.74 Å². The van der Waals surface area contributed by atoms with Crippen molar-refractivity contribution in [1.82, 2.24) is 14.9 Å². The molecule has 1 aromatic rings. The van der Waals surface area contributed by atoms with Crippen LogP contribution in [0.2, 0.25) is 0 Å². The van der Waals surface area contributed by atoms with Gasteiger partial charge in [-0.05, 0) is 32.2 Å². The van der Waals surface area contributed by atoms with Gasteiger partial charge in [-0.2, -0.15) is 4.98 Å². The van der Waals surface area contributed by atoms with Gasteiger partial charge in [0, 0.05) is 19.1 Å². The largest absolute Gasteiger partial charge is 0.477 e. The first kappa shape index (κ1) is 15.0. The third-order valence-electron chi connectivity index (χ3n) is 3.52. The Hall–Kier alpha value is -1.36. The molecule has 1 saturated heterocycles. The zero-order chi connectivity index (χ0) is 14.4. The Kier molecular flexibility index (Phi) is 5.59. The van der Waals surface area contributed by atoms with Crippen molar-refractivity contribution < 1.29 is 4.74 Å². The standard InChI is InChI=1S/C15H26N4O/c1-4-20-15-10-16-9-14(18-15)17-8-13-6-5-7-19(13)11-12(2)3/h9-10,12-13H,4-8,11H2,1-3H3,(H,17,18)/t13-/m1/s1. The fourth-order valence-corrected chi connectivity index (χ4v) is 2.71. The van der Waals surface area contributed by atoms with E-state index in [9.17, 15) is 0 Å². The number of aromatic nitrogens is 2. The molecule has 2 rings (SSSR count). The van der Waals surface area contributed by atoms with Gasteiger partial charge in [-0.1, -0.05) is 13.8 Å². The Bertz CT molecular complexity index is 411. The van der Waals surface area contributed by atoms with E-state index < -0.39 is 0 Å². The molecule has 1 N–H and O–H groups in total. The quantitative estimate of drug-likeness (QED) is 0.830. The molecule has 5 heteroatoms. The molecule has 20 heavy (non-hydrogen) atoms. The highest BCUT2D eigenvalue weighted by Gasteiger charge is 2.24. The number of nitrogens with one attached hydrogen (secondary N) is 1. The molecule has 0 radical (unpaired) electrons. The number of hydrogen-bond donors (Lipinski definition) is 1. The summed E-state index contributed by atoms with van der Waals surface area (Å²) in [5.41, 5.74) is 0. The minimum absolute atomic E-state index is 0.586. The van der Waals surface area contributed by atoms with Gasteiger partial charge in [0.2, 0.25) is 5.88 Å². The number of nitrogens with zero attached hydrogens (tertiary/aromatic N) is 3. The molecule has 0 bridgehead atoms. The predicted octanol–water partition coefficient (Wildman–Crippen LogP) is 2.41. The summed E-state index contributed by atoms with van der Waals surface area (Å²) in [5.74, 6) is 2.10. The summed E-state index contributed by atoms with van der Waals surface area (Å²) in [5, 5.41) is 3.39. The summed E-state index contributed by atoms with van der Waals surface area (Å²) in [6, 6.07) is 0.606. The van der Waals surface area contributed by atoms with Gasteiger partial charge in [0.25, 0.3) is 0 Å². The van der Waals surface area contributed by atoms with Crippen LogP contribution in [-0.4, -0.2) is 47.2 Å². The molecule has 0 unspecified atom stereocenters. The van der Waals surface area contributed by atoms with E-state index in [0.29, 0.717) is 18.5 Å². The predicted molar refractivity (Wildman–Crippen MR) is 81.1 cm³/mol. The number of anilines is 1. The van der Waals surface area contributed by atoms with Crippen LogP contribution in [-0.2, 0) is 0 Å². The maximum Gasteiger partial charge on any atom is 0.234 e. The second kappa shape index (κ2) is 7.43. The van der Waals surface area contributed by atoms with Gasteiger partial charge in [0.1, 0.15) is 5.82 Å². The van der Waals surface area contributed by atoms with Crippen molar-refractivity contribution in [3.8, 4) is 5.88 Å². The zero-order valence-electron chi connectivity index (χ0n) is 12.8. The molecule has 5 nitrogen and oxygen atoms in total. The van der Waals surface area contributed by atoms with Gasteiger partial charge in [-0.3, -0.25) is 9.88 Å². The van der Waals surface area contributed by atoms with E-state index >= 15 is 0 Å². The summed E-state index contributed by atoms with van der Waals surface area (Å²) >= 11 is 0. The fraction of sp³-hybridized carbons (Fsp3) is 0.733. The second-order valence-corrected chi connectivity index (χ2v) is 5.74. The normalized spacial score (nSPS) is 19.5. The molecular formula is C15H26N4O. The third kappa shape index (κ3) is 4.34. The van der Waals surface area contributed by atoms with Crippen LogP contribution in [0.4, 0.5) is 5.82 Å². The van der Waals surface area contributed by atoms with Gasteiger partial charge < -0.3 is 10.1 Å². The monoisotopic (exact) mass is 278 g/mol. The van der Waals surface area contributed by atoms with Crippen molar-refractivity contribution in [3.05, 3.63) is 12.4 Å². The Morgan fingerprint density at radius 2 is 2.30 bits per heavy atom. The second-order valence-electron chi connectivity index (χ2n) is 5.74. The van der Waals surface area contributed by atoms with Crippen molar-refractivity contribution in [2.45, 2.75) is 39.7 Å². The van der Waals surface area contributed by atoms with Crippen LogP contribution in [0.1, 0.15) is 33.6 Å². The molecule has 1 atom stereocenters. The van der Waals surface area contributed by atoms with Crippen LogP contribution in [0.25, 0.3) is 0 Å². The van der Waals surface area contributed by atoms with E-state index in [-0.39, 0.29) is 0 Å². The lowest BCUT2D eigenvalue weighted by Gasteiger charge is -2.26. The van der Waals surface area contributed by atoms with Gasteiger partial charge in [0.05, 0.1) is 19.0 Å². The molecule has 1 aliphatic rings. The van der Waals surface area contributed by atoms with Gasteiger partial charge in [-0.25, -0.2) is 0 Å². The van der Waals surface area contributed by atoms with Gasteiger partial charge in [-0.15, -0.1) is 0 Å². The Morgan fingerprint density at radius 3 is 3.05 bits per heavy atom. The van der Waals surface area contributed by atoms with E-state index in [0.717, 1.165) is 18.3 Å². The molecule has 1 fully saturated rings. The Labute approximate surface area is 121 Å². The average molecular weight is 278 g/mol. The number of rotatable bonds is 7. The molecule has 0 aliphatic carbocycles. The molecule has 112 valence electrons. The average Bonchev–Trinajstić information content (AvgIpc) is 2.84. The van der Waals surface area contributed by atoms with Gasteiger partial charge >= 0.3 is 0 Å². The summed E-state index contributed by atoms with van der Waals surface area (Å²) in [7, 11) is 0. The van der Waals surface area contributed by atoms with Crippen molar-refractivity contribution in [3.63, 3.8) is 0 Å². The zero-order valence-corrected chi connectivity index (χ0v) is 12.8. The minimum Gasteiger partial charge on any atom is -0.477 e. The molecule has 0 aromatic carbocycles. The van der Waals surface area contributed by atoms with E-state index in [1.165, 1.54) is 25.9 Å². The van der Waals surface area contributed by atoms with Crippen LogP contribution >= 0.6 is 0 Å². The summed E-state index contributed by atoms with van der Waals surface area (Å²) in [6.07, 6.45) is 5.96. The van der Waals surface area contributed by atoms with Crippen molar-refractivity contribution in [2.24, 2.45) is 5.92 Å². The fourth-order valence-electron chi connectivity index (χ4n) is 2.71. The molecule has 0 saturated carbocycles. The smallest absolute Gasteiger partial charge is 0.234 e. The molecule has 1 aliphatic heterocycles. The molecule has 1 aromatic heterocycles. The first-order chi connectivity index (χ1) is 9.69. The number of ether oxygens (including phenoxy) is 1. The van der Waals surface area contributed by atoms with Crippen LogP contribution in [0.15, 0.2) is 12.4 Å². The summed E-state index contributed by atoms with van der Waals surface area (Å²) in [4.78, 5) is 11.1. The number of hydrogen-bond acceptors (Lipinski definition) is 5. The van der Waals surface area contributed by atoms with Crippen LogP contribution in [0.3, 0.4) is 0 Å². The maximum absolute atomic E-state index is 5.37.